The van der Waals surface area contributed by atoms with Crippen LogP contribution in [0.4, 0.5) is 0 Å². The van der Waals surface area contributed by atoms with Gasteiger partial charge in [-0.1, -0.05) is 15.9 Å². The predicted octanol–water partition coefficient (Wildman–Crippen LogP) is -1.64. The summed E-state index contributed by atoms with van der Waals surface area (Å²) in [6, 6.07) is 0. The van der Waals surface area contributed by atoms with E-state index in [9.17, 15) is 4.79 Å². The second kappa shape index (κ2) is 7.55. The molecule has 4 heteroatoms. The summed E-state index contributed by atoms with van der Waals surface area (Å²) in [5, 5.41) is 8.80. The van der Waals surface area contributed by atoms with E-state index in [0.717, 1.165) is 11.8 Å². The molecule has 0 aliphatic heterocycles. The molecule has 0 radical (unpaired) electrons. The van der Waals surface area contributed by atoms with Crippen molar-refractivity contribution in [2.45, 2.75) is 12.8 Å². The van der Waals surface area contributed by atoms with E-state index < -0.39 is 5.97 Å². The number of carboxylic acids is 1. The van der Waals surface area contributed by atoms with Crippen LogP contribution in [-0.2, 0) is 4.79 Å². The number of hydrogen-bond donors (Lipinski definition) is 1. The first-order valence-corrected chi connectivity index (χ1v) is 3.17. The molecule has 0 amide bonds. The van der Waals surface area contributed by atoms with Gasteiger partial charge < -0.3 is 6.53 Å². The molecule has 1 N–H and O–H groups in total. The maximum absolute atomic E-state index is 9.74. The van der Waals surface area contributed by atoms with E-state index in [1.165, 1.54) is 0 Å². The number of hydrogen-bond acceptors (Lipinski definition) is 1. The molecule has 0 atom stereocenters. The van der Waals surface area contributed by atoms with Gasteiger partial charge in [-0.2, -0.15) is 0 Å². The maximum Gasteiger partial charge on any atom is 1.00 e. The van der Waals surface area contributed by atoms with Crippen molar-refractivity contribution in [3.8, 4) is 0 Å². The van der Waals surface area contributed by atoms with Crippen molar-refractivity contribution in [2.75, 3.05) is 5.33 Å². The maximum atomic E-state index is 9.74. The normalized spacial score (nSPS) is 7.62. The zero-order chi connectivity index (χ0) is 5.70. The number of halogens is 1. The molecule has 0 aliphatic rings. The van der Waals surface area contributed by atoms with Gasteiger partial charge in [0, 0.05) is 11.8 Å². The Hall–Kier alpha value is 0.547. The van der Waals surface area contributed by atoms with Crippen molar-refractivity contribution in [1.29, 1.82) is 0 Å². The number of rotatable bonds is 3. The molecule has 44 valence electrons. The van der Waals surface area contributed by atoms with Gasteiger partial charge in [0.15, 0.2) is 0 Å². The Balaban J connectivity index is -0.000000180. The van der Waals surface area contributed by atoms with Crippen LogP contribution in [0.15, 0.2) is 0 Å². The van der Waals surface area contributed by atoms with E-state index in [-0.39, 0.29) is 26.7 Å². The average Bonchev–Trinajstić information content (AvgIpc) is 1.61. The molecule has 0 bridgehead atoms. The van der Waals surface area contributed by atoms with Crippen LogP contribution >= 0.6 is 15.9 Å². The monoisotopic (exact) mass is 174 g/mol. The second-order valence-electron chi connectivity index (χ2n) is 1.19. The summed E-state index contributed by atoms with van der Waals surface area (Å²) in [4.78, 5) is 9.74. The fraction of sp³-hybridized carbons (Fsp3) is 0.750. The van der Waals surface area contributed by atoms with Crippen molar-refractivity contribution in [3.63, 3.8) is 0 Å². The average molecular weight is 175 g/mol. The molecule has 0 aromatic rings. The van der Waals surface area contributed by atoms with Crippen LogP contribution in [0.2, 0.25) is 0 Å². The predicted molar refractivity (Wildman–Crippen MR) is 31.8 cm³/mol. The van der Waals surface area contributed by atoms with Crippen molar-refractivity contribution >= 4 is 21.9 Å². The van der Waals surface area contributed by atoms with Crippen molar-refractivity contribution in [3.05, 3.63) is 0 Å². The molecule has 0 aromatic carbocycles. The Kier molecular flexibility index (Phi) is 10.7. The minimum absolute atomic E-state index is 0. The third-order valence-electron chi connectivity index (χ3n) is 0.524. The van der Waals surface area contributed by atoms with Crippen LogP contribution in [0, 0.1) is 0 Å². The molecular formula is C4H8BrLiO2. The quantitative estimate of drug-likeness (QED) is 0.412. The molecule has 0 saturated carbocycles. The van der Waals surface area contributed by atoms with Crippen molar-refractivity contribution in [2.24, 2.45) is 0 Å². The van der Waals surface area contributed by atoms with Crippen LogP contribution in [-0.4, -0.2) is 16.4 Å². The molecule has 0 fully saturated rings. The van der Waals surface area contributed by atoms with Crippen LogP contribution in [0.3, 0.4) is 0 Å². The minimum atomic E-state index is -0.723. The summed E-state index contributed by atoms with van der Waals surface area (Å²) < 4.78 is 0. The number of carboxylic acid groups (broad SMARTS) is 1. The van der Waals surface area contributed by atoms with Crippen molar-refractivity contribution < 1.29 is 30.2 Å². The molecule has 0 rings (SSSR count). The van der Waals surface area contributed by atoms with Gasteiger partial charge in [-0.25, -0.2) is 0 Å². The van der Waals surface area contributed by atoms with Gasteiger partial charge in [-0.05, 0) is 6.42 Å². The van der Waals surface area contributed by atoms with Gasteiger partial charge in [0.2, 0.25) is 0 Å². The number of carbonyl (C=O) groups is 1. The molecule has 0 unspecified atom stereocenters. The summed E-state index contributed by atoms with van der Waals surface area (Å²) in [6.07, 6.45) is 0.987. The topological polar surface area (TPSA) is 37.3 Å². The smallest absolute Gasteiger partial charge is 1.00 e. The van der Waals surface area contributed by atoms with Crippen LogP contribution in [0.1, 0.15) is 14.3 Å². The van der Waals surface area contributed by atoms with E-state index in [1.54, 1.807) is 0 Å². The third kappa shape index (κ3) is 9.74. The van der Waals surface area contributed by atoms with E-state index >= 15 is 0 Å². The summed E-state index contributed by atoms with van der Waals surface area (Å²) in [5.41, 5.74) is 0. The van der Waals surface area contributed by atoms with Crippen LogP contribution < -0.4 is 18.9 Å². The van der Waals surface area contributed by atoms with Gasteiger partial charge in [0.1, 0.15) is 0 Å². The second-order valence-corrected chi connectivity index (χ2v) is 1.98. The standard InChI is InChI=1S/C4H7BrO2.Li.H/c5-3-1-2-4(6)7;;/h1-3H2,(H,6,7);;/q;+1;-1. The molecule has 0 heterocycles. The molecule has 2 nitrogen and oxygen atoms in total. The molecule has 0 aromatic heterocycles. The van der Waals surface area contributed by atoms with E-state index in [1.807, 2.05) is 0 Å². The van der Waals surface area contributed by atoms with Crippen LogP contribution in [0.5, 0.6) is 0 Å². The summed E-state index contributed by atoms with van der Waals surface area (Å²) in [5.74, 6) is -0.723. The Morgan fingerprint density at radius 2 is 2.25 bits per heavy atom. The molecule has 0 aliphatic carbocycles. The minimum Gasteiger partial charge on any atom is -1.00 e. The van der Waals surface area contributed by atoms with Crippen LogP contribution in [0.25, 0.3) is 0 Å². The van der Waals surface area contributed by atoms with Gasteiger partial charge in [0.25, 0.3) is 0 Å². The summed E-state index contributed by atoms with van der Waals surface area (Å²) >= 11 is 3.11. The Morgan fingerprint density at radius 3 is 2.38 bits per heavy atom. The Bertz CT molecular complexity index is 71.6. The van der Waals surface area contributed by atoms with E-state index in [4.69, 9.17) is 5.11 Å². The van der Waals surface area contributed by atoms with E-state index in [2.05, 4.69) is 15.9 Å². The number of alkyl halides is 1. The molecular weight excluding hydrogens is 167 g/mol. The third-order valence-corrected chi connectivity index (χ3v) is 1.09. The van der Waals surface area contributed by atoms with Gasteiger partial charge in [-0.15, -0.1) is 0 Å². The van der Waals surface area contributed by atoms with E-state index in [0.29, 0.717) is 0 Å². The van der Waals surface area contributed by atoms with Crippen molar-refractivity contribution in [1.82, 2.24) is 0 Å². The molecule has 8 heavy (non-hydrogen) atoms. The molecule has 0 spiro atoms. The largest absolute Gasteiger partial charge is 1.00 e. The zero-order valence-corrected chi connectivity index (χ0v) is 6.44. The Labute approximate surface area is 70.4 Å². The fourth-order valence-corrected chi connectivity index (χ4v) is 0.498. The molecule has 0 saturated heterocycles. The first-order chi connectivity index (χ1) is 3.27. The first-order valence-electron chi connectivity index (χ1n) is 2.05. The number of aliphatic carboxylic acids is 1. The fourth-order valence-electron chi connectivity index (χ4n) is 0.218. The Morgan fingerprint density at radius 1 is 1.75 bits per heavy atom. The zero-order valence-electron chi connectivity index (χ0n) is 5.85. The van der Waals surface area contributed by atoms with Gasteiger partial charge in [-0.3, -0.25) is 4.79 Å². The first kappa shape index (κ1) is 11.4. The van der Waals surface area contributed by atoms with Gasteiger partial charge >= 0.3 is 24.8 Å². The summed E-state index contributed by atoms with van der Waals surface area (Å²) in [6.45, 7) is 0. The summed E-state index contributed by atoms with van der Waals surface area (Å²) in [7, 11) is 0. The van der Waals surface area contributed by atoms with Gasteiger partial charge in [0.05, 0.1) is 0 Å². The SMILES string of the molecule is O=C(O)CCCBr.[H-].[Li+].